The molecule has 5 nitrogen and oxygen atoms in total. The van der Waals surface area contributed by atoms with Crippen molar-refractivity contribution in [3.05, 3.63) is 70.9 Å². The first-order valence-corrected chi connectivity index (χ1v) is 9.86. The summed E-state index contributed by atoms with van der Waals surface area (Å²) in [5.74, 6) is 0.269. The predicted octanol–water partition coefficient (Wildman–Crippen LogP) is 4.52. The van der Waals surface area contributed by atoms with Crippen LogP contribution in [0.2, 0.25) is 0 Å². The van der Waals surface area contributed by atoms with E-state index in [2.05, 4.69) is 5.32 Å². The number of nitrogens with one attached hydrogen (secondary N) is 1. The van der Waals surface area contributed by atoms with Crippen LogP contribution in [-0.4, -0.2) is 36.9 Å². The van der Waals surface area contributed by atoms with Gasteiger partial charge in [-0.2, -0.15) is 0 Å². The Balaban J connectivity index is 1.72. The largest absolute Gasteiger partial charge is 0.497 e. The van der Waals surface area contributed by atoms with Crippen molar-refractivity contribution in [2.75, 3.05) is 25.5 Å². The van der Waals surface area contributed by atoms with Crippen LogP contribution in [0.4, 0.5) is 5.69 Å². The third-order valence-corrected chi connectivity index (χ3v) is 5.20. The standard InChI is InChI=1S/C22H22N2O3S/c1-3-24(15-20(25)23-17-10-7-11-18(14-17)27-2)22(26)21-19(12-13-28-21)16-8-5-4-6-9-16/h4-14H,3,15H2,1-2H3,(H,23,25). The first-order valence-electron chi connectivity index (χ1n) is 8.98. The molecule has 2 aromatic carbocycles. The van der Waals surface area contributed by atoms with Gasteiger partial charge in [-0.25, -0.2) is 0 Å². The summed E-state index contributed by atoms with van der Waals surface area (Å²) >= 11 is 1.39. The van der Waals surface area contributed by atoms with Gasteiger partial charge in [0.25, 0.3) is 5.91 Å². The van der Waals surface area contributed by atoms with Crippen LogP contribution >= 0.6 is 11.3 Å². The second-order valence-corrected chi connectivity index (χ2v) is 7.05. The topological polar surface area (TPSA) is 58.6 Å². The second-order valence-electron chi connectivity index (χ2n) is 6.13. The number of anilines is 1. The lowest BCUT2D eigenvalue weighted by atomic mass is 10.1. The zero-order valence-corrected chi connectivity index (χ0v) is 16.7. The van der Waals surface area contributed by atoms with Gasteiger partial charge in [0.1, 0.15) is 12.3 Å². The molecule has 3 aromatic rings. The third kappa shape index (κ3) is 4.58. The Morgan fingerprint density at radius 3 is 2.57 bits per heavy atom. The minimum absolute atomic E-state index is 0.0152. The highest BCUT2D eigenvalue weighted by Gasteiger charge is 2.22. The minimum atomic E-state index is -0.249. The number of amides is 2. The molecule has 0 radical (unpaired) electrons. The summed E-state index contributed by atoms with van der Waals surface area (Å²) in [6.07, 6.45) is 0. The summed E-state index contributed by atoms with van der Waals surface area (Å²) in [6.45, 7) is 2.29. The number of ether oxygens (including phenoxy) is 1. The molecule has 0 aliphatic carbocycles. The van der Waals surface area contributed by atoms with Crippen LogP contribution < -0.4 is 10.1 Å². The average molecular weight is 394 g/mol. The summed E-state index contributed by atoms with van der Waals surface area (Å²) in [6, 6.07) is 18.9. The van der Waals surface area contributed by atoms with E-state index >= 15 is 0 Å². The highest BCUT2D eigenvalue weighted by molar-refractivity contribution is 7.12. The molecule has 2 amide bonds. The van der Waals surface area contributed by atoms with Crippen molar-refractivity contribution in [1.82, 2.24) is 4.90 Å². The molecule has 0 aliphatic rings. The van der Waals surface area contributed by atoms with E-state index in [9.17, 15) is 9.59 Å². The minimum Gasteiger partial charge on any atom is -0.497 e. The number of carbonyl (C=O) groups excluding carboxylic acids is 2. The Kier molecular flexibility index (Phi) is 6.45. The normalized spacial score (nSPS) is 10.4. The molecule has 0 saturated heterocycles. The Morgan fingerprint density at radius 1 is 1.07 bits per heavy atom. The lowest BCUT2D eigenvalue weighted by Gasteiger charge is -2.20. The number of nitrogens with zero attached hydrogens (tertiary/aromatic N) is 1. The van der Waals surface area contributed by atoms with Crippen molar-refractivity contribution in [3.8, 4) is 16.9 Å². The van der Waals surface area contributed by atoms with Crippen LogP contribution in [0.15, 0.2) is 66.0 Å². The molecular formula is C22H22N2O3S. The summed E-state index contributed by atoms with van der Waals surface area (Å²) in [5.41, 5.74) is 2.51. The van der Waals surface area contributed by atoms with E-state index in [0.29, 0.717) is 22.9 Å². The van der Waals surface area contributed by atoms with Crippen molar-refractivity contribution >= 4 is 28.8 Å². The van der Waals surface area contributed by atoms with Crippen LogP contribution in [0.3, 0.4) is 0 Å². The fourth-order valence-electron chi connectivity index (χ4n) is 2.87. The molecule has 144 valence electrons. The summed E-state index contributed by atoms with van der Waals surface area (Å²) in [4.78, 5) is 27.7. The molecule has 28 heavy (non-hydrogen) atoms. The molecule has 0 atom stereocenters. The molecule has 1 aromatic heterocycles. The lowest BCUT2D eigenvalue weighted by Crippen LogP contribution is -2.37. The number of hydrogen-bond donors (Lipinski definition) is 1. The van der Waals surface area contributed by atoms with E-state index in [-0.39, 0.29) is 18.4 Å². The first-order chi connectivity index (χ1) is 13.6. The number of methoxy groups -OCH3 is 1. The molecular weight excluding hydrogens is 372 g/mol. The molecule has 0 fully saturated rings. The highest BCUT2D eigenvalue weighted by atomic mass is 32.1. The molecule has 0 unspecified atom stereocenters. The number of likely N-dealkylation sites (N-methyl/N-ethyl adjacent to an activating group) is 1. The van der Waals surface area contributed by atoms with Crippen LogP contribution in [0, 0.1) is 0 Å². The van der Waals surface area contributed by atoms with Gasteiger partial charge >= 0.3 is 0 Å². The summed E-state index contributed by atoms with van der Waals surface area (Å²) in [5, 5.41) is 4.72. The van der Waals surface area contributed by atoms with Gasteiger partial charge in [0, 0.05) is 23.9 Å². The fraction of sp³-hybridized carbons (Fsp3) is 0.182. The number of carbonyl (C=O) groups is 2. The van der Waals surface area contributed by atoms with Gasteiger partial charge in [-0.05, 0) is 36.1 Å². The van der Waals surface area contributed by atoms with Crippen LogP contribution in [0.25, 0.3) is 11.1 Å². The Hall–Kier alpha value is -3.12. The molecule has 0 aliphatic heterocycles. The van der Waals surface area contributed by atoms with E-state index in [1.54, 1.807) is 36.3 Å². The summed E-state index contributed by atoms with van der Waals surface area (Å²) < 4.78 is 5.17. The van der Waals surface area contributed by atoms with Crippen molar-refractivity contribution in [1.29, 1.82) is 0 Å². The fourth-order valence-corrected chi connectivity index (χ4v) is 3.75. The quantitative estimate of drug-likeness (QED) is 0.641. The van der Waals surface area contributed by atoms with Crippen molar-refractivity contribution in [3.63, 3.8) is 0 Å². The zero-order valence-electron chi connectivity index (χ0n) is 15.8. The second kappa shape index (κ2) is 9.19. The van der Waals surface area contributed by atoms with Crippen LogP contribution in [0.5, 0.6) is 5.75 Å². The SMILES string of the molecule is CCN(CC(=O)Nc1cccc(OC)c1)C(=O)c1sccc1-c1ccccc1. The number of hydrogen-bond acceptors (Lipinski definition) is 4. The molecule has 1 N–H and O–H groups in total. The smallest absolute Gasteiger partial charge is 0.265 e. The van der Waals surface area contributed by atoms with Gasteiger partial charge in [-0.15, -0.1) is 11.3 Å². The van der Waals surface area contributed by atoms with Gasteiger partial charge < -0.3 is 15.0 Å². The van der Waals surface area contributed by atoms with Crippen molar-refractivity contribution in [2.45, 2.75) is 6.92 Å². The predicted molar refractivity (Wildman–Crippen MR) is 113 cm³/mol. The Bertz CT molecular complexity index is 953. The zero-order chi connectivity index (χ0) is 19.9. The van der Waals surface area contributed by atoms with Gasteiger partial charge in [0.05, 0.1) is 12.0 Å². The molecule has 6 heteroatoms. The number of rotatable bonds is 7. The maximum absolute atomic E-state index is 13.1. The van der Waals surface area contributed by atoms with Gasteiger partial charge in [-0.1, -0.05) is 36.4 Å². The molecule has 3 rings (SSSR count). The van der Waals surface area contributed by atoms with E-state index in [1.165, 1.54) is 11.3 Å². The Labute approximate surface area is 168 Å². The lowest BCUT2D eigenvalue weighted by molar-refractivity contribution is -0.116. The van der Waals surface area contributed by atoms with Crippen LogP contribution in [0.1, 0.15) is 16.6 Å². The molecule has 0 bridgehead atoms. The maximum atomic E-state index is 13.1. The summed E-state index contributed by atoms with van der Waals surface area (Å²) in [7, 11) is 1.57. The van der Waals surface area contributed by atoms with Crippen molar-refractivity contribution in [2.24, 2.45) is 0 Å². The van der Waals surface area contributed by atoms with E-state index < -0.39 is 0 Å². The van der Waals surface area contributed by atoms with E-state index in [4.69, 9.17) is 4.74 Å². The number of benzene rings is 2. The van der Waals surface area contributed by atoms with Gasteiger partial charge in [-0.3, -0.25) is 9.59 Å². The van der Waals surface area contributed by atoms with E-state index in [1.807, 2.05) is 48.7 Å². The first kappa shape index (κ1) is 19.6. The average Bonchev–Trinajstić information content (AvgIpc) is 3.22. The Morgan fingerprint density at radius 2 is 1.86 bits per heavy atom. The monoisotopic (exact) mass is 394 g/mol. The molecule has 0 saturated carbocycles. The molecule has 0 spiro atoms. The highest BCUT2D eigenvalue weighted by Crippen LogP contribution is 2.29. The van der Waals surface area contributed by atoms with Gasteiger partial charge in [0.2, 0.25) is 5.91 Å². The van der Waals surface area contributed by atoms with Crippen molar-refractivity contribution < 1.29 is 14.3 Å². The third-order valence-electron chi connectivity index (χ3n) is 4.30. The number of thiophene rings is 1. The molecule has 1 heterocycles. The maximum Gasteiger partial charge on any atom is 0.265 e. The van der Waals surface area contributed by atoms with Gasteiger partial charge in [0.15, 0.2) is 0 Å². The van der Waals surface area contributed by atoms with E-state index in [0.717, 1.165) is 11.1 Å². The van der Waals surface area contributed by atoms with Crippen LogP contribution in [-0.2, 0) is 4.79 Å².